The molecule has 0 radical (unpaired) electrons. The second-order valence-corrected chi connectivity index (χ2v) is 7.48. The van der Waals surface area contributed by atoms with Crippen LogP contribution in [-0.2, 0) is 9.53 Å². The van der Waals surface area contributed by atoms with Gasteiger partial charge in [-0.05, 0) is 31.4 Å². The number of methoxy groups -OCH3 is 1. The van der Waals surface area contributed by atoms with Crippen LogP contribution >= 0.6 is 0 Å². The standard InChI is InChI=1S/C22H26F2N2O5/c1-11(2)18(15-7-6-14(23)10-16(15)24)13(4)31-22(29)12(3)26-21(28)19-20(27)17(30-5)8-9-25-19/h6-13,18,27H,1-5H3,(H,26,28)/t12-,13-,18-/m0/s1. The topological polar surface area (TPSA) is 97.8 Å². The van der Waals surface area contributed by atoms with Crippen molar-refractivity contribution in [2.45, 2.75) is 45.8 Å². The van der Waals surface area contributed by atoms with Gasteiger partial charge < -0.3 is 19.9 Å². The number of benzene rings is 1. The Balaban J connectivity index is 2.11. The average molecular weight is 436 g/mol. The van der Waals surface area contributed by atoms with Crippen LogP contribution in [0.5, 0.6) is 11.5 Å². The molecule has 1 heterocycles. The van der Waals surface area contributed by atoms with Gasteiger partial charge in [-0.2, -0.15) is 0 Å². The molecule has 1 aromatic carbocycles. The lowest BCUT2D eigenvalue weighted by molar-refractivity contribution is -0.151. The third-order valence-electron chi connectivity index (χ3n) is 4.87. The third-order valence-corrected chi connectivity index (χ3v) is 4.87. The highest BCUT2D eigenvalue weighted by atomic mass is 19.1. The number of nitrogens with zero attached hydrogens (tertiary/aromatic N) is 1. The van der Waals surface area contributed by atoms with Crippen molar-refractivity contribution in [2.75, 3.05) is 7.11 Å². The number of carbonyl (C=O) groups excluding carboxylic acids is 2. The van der Waals surface area contributed by atoms with E-state index in [1.54, 1.807) is 6.92 Å². The van der Waals surface area contributed by atoms with E-state index in [4.69, 9.17) is 9.47 Å². The molecule has 0 saturated heterocycles. The highest BCUT2D eigenvalue weighted by molar-refractivity contribution is 5.97. The van der Waals surface area contributed by atoms with Crippen LogP contribution in [0.1, 0.15) is 49.7 Å². The monoisotopic (exact) mass is 436 g/mol. The molecule has 0 aliphatic carbocycles. The largest absolute Gasteiger partial charge is 0.503 e. The number of amides is 1. The number of hydrogen-bond acceptors (Lipinski definition) is 6. The number of aromatic nitrogens is 1. The first kappa shape index (κ1) is 24.0. The predicted molar refractivity (Wildman–Crippen MR) is 109 cm³/mol. The molecular weight excluding hydrogens is 410 g/mol. The molecule has 168 valence electrons. The van der Waals surface area contributed by atoms with E-state index in [0.29, 0.717) is 0 Å². The lowest BCUT2D eigenvalue weighted by Gasteiger charge is -2.29. The normalized spacial score (nSPS) is 13.9. The van der Waals surface area contributed by atoms with E-state index in [1.165, 1.54) is 32.4 Å². The van der Waals surface area contributed by atoms with Crippen LogP contribution in [0, 0.1) is 17.6 Å². The Bertz CT molecular complexity index is 951. The minimum absolute atomic E-state index is 0.0603. The fraction of sp³-hybridized carbons (Fsp3) is 0.409. The van der Waals surface area contributed by atoms with Gasteiger partial charge in [0.15, 0.2) is 17.2 Å². The molecule has 2 N–H and O–H groups in total. The average Bonchev–Trinajstić information content (AvgIpc) is 2.69. The SMILES string of the molecule is COc1ccnc(C(=O)N[C@@H](C)C(=O)O[C@@H](C)[C@@H](c2ccc(F)cc2F)C(C)C)c1O. The summed E-state index contributed by atoms with van der Waals surface area (Å²) in [6.07, 6.45) is 0.526. The Morgan fingerprint density at radius 1 is 1.13 bits per heavy atom. The van der Waals surface area contributed by atoms with Crippen molar-refractivity contribution in [3.63, 3.8) is 0 Å². The zero-order chi connectivity index (χ0) is 23.3. The van der Waals surface area contributed by atoms with Gasteiger partial charge in [0, 0.05) is 24.2 Å². The van der Waals surface area contributed by atoms with Crippen molar-refractivity contribution in [3.8, 4) is 11.5 Å². The zero-order valence-electron chi connectivity index (χ0n) is 18.0. The van der Waals surface area contributed by atoms with E-state index in [-0.39, 0.29) is 22.9 Å². The molecule has 2 aromatic rings. The van der Waals surface area contributed by atoms with Crippen molar-refractivity contribution in [1.82, 2.24) is 10.3 Å². The van der Waals surface area contributed by atoms with E-state index in [1.807, 2.05) is 13.8 Å². The van der Waals surface area contributed by atoms with Crippen molar-refractivity contribution in [3.05, 3.63) is 53.4 Å². The summed E-state index contributed by atoms with van der Waals surface area (Å²) >= 11 is 0. The minimum atomic E-state index is -1.08. The van der Waals surface area contributed by atoms with Crippen molar-refractivity contribution < 1.29 is 33.0 Å². The summed E-state index contributed by atoms with van der Waals surface area (Å²) in [4.78, 5) is 28.7. The number of halogens is 2. The first-order valence-electron chi connectivity index (χ1n) is 9.75. The Morgan fingerprint density at radius 3 is 2.39 bits per heavy atom. The summed E-state index contributed by atoms with van der Waals surface area (Å²) in [6, 6.07) is 3.58. The maximum absolute atomic E-state index is 14.3. The van der Waals surface area contributed by atoms with Crippen LogP contribution in [-0.4, -0.2) is 41.2 Å². The Morgan fingerprint density at radius 2 is 1.81 bits per heavy atom. The number of nitrogens with one attached hydrogen (secondary N) is 1. The molecule has 0 aliphatic rings. The number of rotatable bonds is 8. The molecule has 0 fully saturated rings. The molecule has 2 rings (SSSR count). The Labute approximate surface area is 179 Å². The van der Waals surface area contributed by atoms with E-state index in [9.17, 15) is 23.5 Å². The quantitative estimate of drug-likeness (QED) is 0.614. The summed E-state index contributed by atoms with van der Waals surface area (Å²) in [5, 5.41) is 12.4. The second kappa shape index (κ2) is 10.2. The van der Waals surface area contributed by atoms with E-state index < -0.39 is 47.3 Å². The van der Waals surface area contributed by atoms with Gasteiger partial charge in [-0.1, -0.05) is 19.9 Å². The summed E-state index contributed by atoms with van der Waals surface area (Å²) in [5.74, 6) is -4.01. The number of esters is 1. The second-order valence-electron chi connectivity index (χ2n) is 7.48. The number of hydrogen-bond donors (Lipinski definition) is 2. The van der Waals surface area contributed by atoms with Gasteiger partial charge in [0.25, 0.3) is 5.91 Å². The Hall–Kier alpha value is -3.23. The van der Waals surface area contributed by atoms with Crippen LogP contribution in [0.2, 0.25) is 0 Å². The van der Waals surface area contributed by atoms with Crippen LogP contribution in [0.4, 0.5) is 8.78 Å². The molecule has 9 heteroatoms. The van der Waals surface area contributed by atoms with Gasteiger partial charge in [0.2, 0.25) is 0 Å². The fourth-order valence-electron chi connectivity index (χ4n) is 3.38. The number of pyridine rings is 1. The fourth-order valence-corrected chi connectivity index (χ4v) is 3.38. The zero-order valence-corrected chi connectivity index (χ0v) is 18.0. The van der Waals surface area contributed by atoms with Crippen molar-refractivity contribution in [1.29, 1.82) is 0 Å². The maximum atomic E-state index is 14.3. The Kier molecular flexibility index (Phi) is 7.90. The molecule has 31 heavy (non-hydrogen) atoms. The van der Waals surface area contributed by atoms with Gasteiger partial charge in [-0.15, -0.1) is 0 Å². The number of aromatic hydroxyl groups is 1. The van der Waals surface area contributed by atoms with Crippen LogP contribution in [0.3, 0.4) is 0 Å². The molecule has 1 amide bonds. The van der Waals surface area contributed by atoms with Crippen molar-refractivity contribution in [2.24, 2.45) is 5.92 Å². The first-order chi connectivity index (χ1) is 14.6. The van der Waals surface area contributed by atoms with Gasteiger partial charge >= 0.3 is 5.97 Å². The molecule has 7 nitrogen and oxygen atoms in total. The van der Waals surface area contributed by atoms with Gasteiger partial charge in [-0.3, -0.25) is 4.79 Å². The summed E-state index contributed by atoms with van der Waals surface area (Å²) in [7, 11) is 1.33. The minimum Gasteiger partial charge on any atom is -0.503 e. The predicted octanol–water partition coefficient (Wildman–Crippen LogP) is 3.56. The van der Waals surface area contributed by atoms with Crippen LogP contribution in [0.15, 0.2) is 30.5 Å². The summed E-state index contributed by atoms with van der Waals surface area (Å²) < 4.78 is 38.0. The van der Waals surface area contributed by atoms with Gasteiger partial charge in [-0.25, -0.2) is 18.6 Å². The molecule has 0 unspecified atom stereocenters. The van der Waals surface area contributed by atoms with Crippen LogP contribution < -0.4 is 10.1 Å². The molecule has 0 bridgehead atoms. The third kappa shape index (κ3) is 5.68. The number of ether oxygens (including phenoxy) is 2. The van der Waals surface area contributed by atoms with Crippen LogP contribution in [0.25, 0.3) is 0 Å². The molecule has 3 atom stereocenters. The lowest BCUT2D eigenvalue weighted by Crippen LogP contribution is -2.42. The molecule has 0 saturated carbocycles. The van der Waals surface area contributed by atoms with Gasteiger partial charge in [0.05, 0.1) is 7.11 Å². The molecule has 1 aromatic heterocycles. The van der Waals surface area contributed by atoms with E-state index in [2.05, 4.69) is 10.3 Å². The lowest BCUT2D eigenvalue weighted by atomic mass is 9.84. The molecular formula is C22H26F2N2O5. The molecule has 0 aliphatic heterocycles. The van der Waals surface area contributed by atoms with E-state index in [0.717, 1.165) is 12.1 Å². The summed E-state index contributed by atoms with van der Waals surface area (Å²) in [6.45, 7) is 6.68. The van der Waals surface area contributed by atoms with Gasteiger partial charge in [0.1, 0.15) is 23.8 Å². The highest BCUT2D eigenvalue weighted by Gasteiger charge is 2.30. The molecule has 0 spiro atoms. The highest BCUT2D eigenvalue weighted by Crippen LogP contribution is 2.32. The summed E-state index contributed by atoms with van der Waals surface area (Å²) in [5.41, 5.74) is -0.0700. The van der Waals surface area contributed by atoms with E-state index >= 15 is 0 Å². The smallest absolute Gasteiger partial charge is 0.328 e. The first-order valence-corrected chi connectivity index (χ1v) is 9.75. The van der Waals surface area contributed by atoms with Crippen molar-refractivity contribution >= 4 is 11.9 Å². The maximum Gasteiger partial charge on any atom is 0.328 e. The number of carbonyl (C=O) groups is 2.